The summed E-state index contributed by atoms with van der Waals surface area (Å²) >= 11 is 9.31. The number of hydrogen-bond donors (Lipinski definition) is 1. The molecule has 0 saturated heterocycles. The number of thiol groups is 1. The van der Waals surface area contributed by atoms with E-state index < -0.39 is 0 Å². The zero-order valence-corrected chi connectivity index (χ0v) is 11.4. The van der Waals surface area contributed by atoms with E-state index in [1.807, 2.05) is 0 Å². The van der Waals surface area contributed by atoms with Gasteiger partial charge in [-0.25, -0.2) is 0 Å². The summed E-state index contributed by atoms with van der Waals surface area (Å²) in [5.74, 6) is 0.817. The van der Waals surface area contributed by atoms with Crippen molar-refractivity contribution in [3.8, 4) is 0 Å². The summed E-state index contributed by atoms with van der Waals surface area (Å²) in [6.45, 7) is 1.98. The van der Waals surface area contributed by atoms with Crippen LogP contribution in [0.15, 0.2) is 27.4 Å². The number of thiophene rings is 1. The standard InChI is InChI=1S/C10H14BrNS2/c1-12(4-2-3-5-13)7-9-6-10(11)14-8-9/h2-3,6,8,13H,4-5,7H2,1H3. The molecule has 0 unspecified atom stereocenters. The van der Waals surface area contributed by atoms with Crippen molar-refractivity contribution in [1.82, 2.24) is 4.90 Å². The van der Waals surface area contributed by atoms with Crippen molar-refractivity contribution < 1.29 is 0 Å². The van der Waals surface area contributed by atoms with Crippen LogP contribution in [0.3, 0.4) is 0 Å². The molecule has 1 aromatic rings. The molecular weight excluding hydrogens is 278 g/mol. The molecule has 0 aliphatic rings. The van der Waals surface area contributed by atoms with E-state index in [9.17, 15) is 0 Å². The van der Waals surface area contributed by atoms with Crippen molar-refractivity contribution in [3.05, 3.63) is 32.9 Å². The third-order valence-corrected chi connectivity index (χ3v) is 3.53. The maximum atomic E-state index is 4.12. The summed E-state index contributed by atoms with van der Waals surface area (Å²) in [6, 6.07) is 2.17. The summed E-state index contributed by atoms with van der Waals surface area (Å²) in [5.41, 5.74) is 1.36. The highest BCUT2D eigenvalue weighted by Gasteiger charge is 2.00. The normalized spacial score (nSPS) is 11.7. The van der Waals surface area contributed by atoms with Crippen LogP contribution in [-0.4, -0.2) is 24.2 Å². The van der Waals surface area contributed by atoms with Gasteiger partial charge in [0.25, 0.3) is 0 Å². The molecule has 0 fully saturated rings. The zero-order valence-electron chi connectivity index (χ0n) is 8.11. The Kier molecular flexibility index (Phi) is 5.86. The van der Waals surface area contributed by atoms with E-state index in [2.05, 4.69) is 64.1 Å². The Balaban J connectivity index is 2.33. The molecule has 0 N–H and O–H groups in total. The van der Waals surface area contributed by atoms with Crippen LogP contribution < -0.4 is 0 Å². The van der Waals surface area contributed by atoms with Gasteiger partial charge in [-0.05, 0) is 40.0 Å². The predicted octanol–water partition coefficient (Wildman–Crippen LogP) is 3.43. The molecule has 1 aromatic heterocycles. The van der Waals surface area contributed by atoms with Crippen LogP contribution in [0.5, 0.6) is 0 Å². The van der Waals surface area contributed by atoms with E-state index in [1.54, 1.807) is 11.3 Å². The first-order valence-electron chi connectivity index (χ1n) is 4.39. The molecule has 78 valence electrons. The van der Waals surface area contributed by atoms with Crippen LogP contribution in [-0.2, 0) is 6.54 Å². The van der Waals surface area contributed by atoms with E-state index in [-0.39, 0.29) is 0 Å². The second kappa shape index (κ2) is 6.67. The Morgan fingerprint density at radius 3 is 2.93 bits per heavy atom. The summed E-state index contributed by atoms with van der Waals surface area (Å²) in [6.07, 6.45) is 4.22. The Morgan fingerprint density at radius 2 is 2.36 bits per heavy atom. The van der Waals surface area contributed by atoms with E-state index >= 15 is 0 Å². The Morgan fingerprint density at radius 1 is 1.57 bits per heavy atom. The lowest BCUT2D eigenvalue weighted by atomic mass is 10.3. The second-order valence-corrected chi connectivity index (χ2v) is 5.77. The van der Waals surface area contributed by atoms with Gasteiger partial charge >= 0.3 is 0 Å². The maximum absolute atomic E-state index is 4.12. The van der Waals surface area contributed by atoms with Crippen molar-refractivity contribution in [2.75, 3.05) is 19.3 Å². The van der Waals surface area contributed by atoms with E-state index in [1.165, 1.54) is 9.35 Å². The van der Waals surface area contributed by atoms with Crippen molar-refractivity contribution in [2.45, 2.75) is 6.54 Å². The van der Waals surface area contributed by atoms with Crippen LogP contribution in [0.4, 0.5) is 0 Å². The fourth-order valence-electron chi connectivity index (χ4n) is 1.13. The van der Waals surface area contributed by atoms with Gasteiger partial charge in [-0.15, -0.1) is 11.3 Å². The number of rotatable bonds is 5. The lowest BCUT2D eigenvalue weighted by Gasteiger charge is -2.12. The van der Waals surface area contributed by atoms with Crippen molar-refractivity contribution in [2.24, 2.45) is 0 Å². The summed E-state index contributed by atoms with van der Waals surface area (Å²) in [7, 11) is 2.12. The van der Waals surface area contributed by atoms with Gasteiger partial charge in [-0.3, -0.25) is 4.90 Å². The molecular formula is C10H14BrNS2. The van der Waals surface area contributed by atoms with Crippen molar-refractivity contribution in [3.63, 3.8) is 0 Å². The van der Waals surface area contributed by atoms with Gasteiger partial charge in [0.2, 0.25) is 0 Å². The number of hydrogen-bond acceptors (Lipinski definition) is 3. The van der Waals surface area contributed by atoms with Crippen LogP contribution in [0, 0.1) is 0 Å². The molecule has 0 aliphatic heterocycles. The first-order valence-corrected chi connectivity index (χ1v) is 6.70. The number of halogens is 1. The molecule has 0 aromatic carbocycles. The average Bonchev–Trinajstić information content (AvgIpc) is 2.52. The highest BCUT2D eigenvalue weighted by Crippen LogP contribution is 2.21. The quantitative estimate of drug-likeness (QED) is 0.643. The molecule has 0 spiro atoms. The van der Waals surface area contributed by atoms with Gasteiger partial charge in [0.15, 0.2) is 0 Å². The first kappa shape index (κ1) is 12.3. The van der Waals surface area contributed by atoms with Gasteiger partial charge in [-0.2, -0.15) is 12.6 Å². The molecule has 0 atom stereocenters. The van der Waals surface area contributed by atoms with Gasteiger partial charge in [0.1, 0.15) is 0 Å². The first-order chi connectivity index (χ1) is 6.72. The van der Waals surface area contributed by atoms with Crippen LogP contribution >= 0.6 is 39.9 Å². The fraction of sp³-hybridized carbons (Fsp3) is 0.400. The lowest BCUT2D eigenvalue weighted by Crippen LogP contribution is -2.17. The minimum Gasteiger partial charge on any atom is -0.298 e. The van der Waals surface area contributed by atoms with Gasteiger partial charge < -0.3 is 0 Å². The average molecular weight is 292 g/mol. The van der Waals surface area contributed by atoms with Crippen LogP contribution in [0.25, 0.3) is 0 Å². The topological polar surface area (TPSA) is 3.24 Å². The highest BCUT2D eigenvalue weighted by atomic mass is 79.9. The van der Waals surface area contributed by atoms with Crippen LogP contribution in [0.2, 0.25) is 0 Å². The number of nitrogens with zero attached hydrogens (tertiary/aromatic N) is 1. The van der Waals surface area contributed by atoms with Crippen molar-refractivity contribution in [1.29, 1.82) is 0 Å². The van der Waals surface area contributed by atoms with Gasteiger partial charge in [-0.1, -0.05) is 12.2 Å². The smallest absolute Gasteiger partial charge is 0.0701 e. The second-order valence-electron chi connectivity index (χ2n) is 3.11. The summed E-state index contributed by atoms with van der Waals surface area (Å²) in [4.78, 5) is 2.27. The molecule has 4 heteroatoms. The summed E-state index contributed by atoms with van der Waals surface area (Å²) in [5, 5.41) is 2.18. The highest BCUT2D eigenvalue weighted by molar-refractivity contribution is 9.11. The lowest BCUT2D eigenvalue weighted by molar-refractivity contribution is 0.364. The van der Waals surface area contributed by atoms with Gasteiger partial charge in [0, 0.05) is 18.8 Å². The van der Waals surface area contributed by atoms with Crippen molar-refractivity contribution >= 4 is 39.9 Å². The molecule has 0 amide bonds. The van der Waals surface area contributed by atoms with E-state index in [0.29, 0.717) is 0 Å². The van der Waals surface area contributed by atoms with E-state index in [4.69, 9.17) is 0 Å². The van der Waals surface area contributed by atoms with E-state index in [0.717, 1.165) is 18.8 Å². The molecule has 1 nitrogen and oxygen atoms in total. The summed E-state index contributed by atoms with van der Waals surface area (Å²) < 4.78 is 1.20. The minimum atomic E-state index is 0.817. The largest absolute Gasteiger partial charge is 0.298 e. The van der Waals surface area contributed by atoms with Gasteiger partial charge in [0.05, 0.1) is 3.79 Å². The number of likely N-dealkylation sites (N-methyl/N-ethyl adjacent to an activating group) is 1. The third kappa shape index (κ3) is 4.64. The Labute approximate surface area is 103 Å². The zero-order chi connectivity index (χ0) is 10.4. The molecule has 0 aliphatic carbocycles. The molecule has 1 rings (SSSR count). The van der Waals surface area contributed by atoms with Crippen LogP contribution in [0.1, 0.15) is 5.56 Å². The Hall–Kier alpha value is 0.230. The third-order valence-electron chi connectivity index (χ3n) is 1.76. The molecule has 0 saturated carbocycles. The fourth-order valence-corrected chi connectivity index (χ4v) is 2.48. The molecule has 0 bridgehead atoms. The monoisotopic (exact) mass is 291 g/mol. The molecule has 0 radical (unpaired) electrons. The minimum absolute atomic E-state index is 0.817. The predicted molar refractivity (Wildman–Crippen MR) is 71.3 cm³/mol. The maximum Gasteiger partial charge on any atom is 0.0701 e. The molecule has 14 heavy (non-hydrogen) atoms. The Bertz CT molecular complexity index is 296. The molecule has 1 heterocycles. The SMILES string of the molecule is CN(CC=CCS)Cc1csc(Br)c1.